The van der Waals surface area contributed by atoms with E-state index in [0.29, 0.717) is 23.1 Å². The Morgan fingerprint density at radius 3 is 2.48 bits per heavy atom. The zero-order chi connectivity index (χ0) is 16.0. The van der Waals surface area contributed by atoms with Crippen LogP contribution < -0.4 is 21.7 Å². The lowest BCUT2D eigenvalue weighted by atomic mass is 10.4. The Hall–Kier alpha value is -2.03. The van der Waals surface area contributed by atoms with Crippen molar-refractivity contribution >= 4 is 34.2 Å². The van der Waals surface area contributed by atoms with Crippen molar-refractivity contribution in [3.8, 4) is 0 Å². The molecule has 0 aliphatic rings. The number of anilines is 2. The summed E-state index contributed by atoms with van der Waals surface area (Å²) in [4.78, 5) is 29.2. The number of hydrogen-bond donors (Lipinski definition) is 4. The fourth-order valence-corrected chi connectivity index (χ4v) is 2.33. The van der Waals surface area contributed by atoms with E-state index in [2.05, 4.69) is 20.9 Å². The van der Waals surface area contributed by atoms with Gasteiger partial charge < -0.3 is 26.6 Å². The molecule has 0 aliphatic heterocycles. The van der Waals surface area contributed by atoms with Gasteiger partial charge in [0, 0.05) is 33.2 Å². The van der Waals surface area contributed by atoms with Crippen molar-refractivity contribution < 1.29 is 9.59 Å². The summed E-state index contributed by atoms with van der Waals surface area (Å²) in [5, 5.41) is 9.06. The standard InChI is InChI=1S/C12H22N6O2S/c1-7(2)16-11-17-9(13)8(21-11)10(19)14-5-6-15-12(20)18(3)4/h7H,5-6,13H2,1-4H3,(H,14,19)(H,15,20)(H,16,17). The van der Waals surface area contributed by atoms with E-state index in [-0.39, 0.29) is 23.8 Å². The van der Waals surface area contributed by atoms with Crippen molar-refractivity contribution in [1.29, 1.82) is 0 Å². The summed E-state index contributed by atoms with van der Waals surface area (Å²) in [5.74, 6) is -0.0844. The first kappa shape index (κ1) is 17.0. The lowest BCUT2D eigenvalue weighted by Crippen LogP contribution is -2.39. The van der Waals surface area contributed by atoms with Crippen molar-refractivity contribution in [3.63, 3.8) is 0 Å². The Balaban J connectivity index is 2.45. The molecule has 3 amide bonds. The van der Waals surface area contributed by atoms with E-state index in [0.717, 1.165) is 0 Å². The summed E-state index contributed by atoms with van der Waals surface area (Å²) in [7, 11) is 3.30. The molecular formula is C12H22N6O2S. The van der Waals surface area contributed by atoms with Crippen LogP contribution in [0.3, 0.4) is 0 Å². The van der Waals surface area contributed by atoms with Gasteiger partial charge in [0.1, 0.15) is 10.7 Å². The molecule has 1 rings (SSSR count). The van der Waals surface area contributed by atoms with Gasteiger partial charge in [0.15, 0.2) is 5.13 Å². The molecule has 1 heterocycles. The van der Waals surface area contributed by atoms with Crippen molar-refractivity contribution in [2.45, 2.75) is 19.9 Å². The molecule has 21 heavy (non-hydrogen) atoms. The van der Waals surface area contributed by atoms with Crippen molar-refractivity contribution in [3.05, 3.63) is 4.88 Å². The van der Waals surface area contributed by atoms with Crippen molar-refractivity contribution in [2.75, 3.05) is 38.2 Å². The first-order chi connectivity index (χ1) is 9.81. The van der Waals surface area contributed by atoms with Gasteiger partial charge in [-0.1, -0.05) is 11.3 Å². The average molecular weight is 314 g/mol. The van der Waals surface area contributed by atoms with Crippen LogP contribution in [0.5, 0.6) is 0 Å². The molecule has 0 unspecified atom stereocenters. The first-order valence-electron chi connectivity index (χ1n) is 6.57. The Morgan fingerprint density at radius 1 is 1.29 bits per heavy atom. The quantitative estimate of drug-likeness (QED) is 0.573. The van der Waals surface area contributed by atoms with Crippen LogP contribution in [0.1, 0.15) is 23.5 Å². The lowest BCUT2D eigenvalue weighted by molar-refractivity contribution is 0.0958. The van der Waals surface area contributed by atoms with E-state index in [1.807, 2.05) is 13.8 Å². The molecule has 0 saturated carbocycles. The summed E-state index contributed by atoms with van der Waals surface area (Å²) in [5.41, 5.74) is 5.73. The average Bonchev–Trinajstić information content (AvgIpc) is 2.73. The van der Waals surface area contributed by atoms with Gasteiger partial charge in [-0.3, -0.25) is 4.79 Å². The van der Waals surface area contributed by atoms with E-state index in [1.54, 1.807) is 14.1 Å². The maximum absolute atomic E-state index is 12.0. The first-order valence-corrected chi connectivity index (χ1v) is 7.39. The van der Waals surface area contributed by atoms with Gasteiger partial charge in [0.2, 0.25) is 0 Å². The Morgan fingerprint density at radius 2 is 1.90 bits per heavy atom. The summed E-state index contributed by atoms with van der Waals surface area (Å²) in [6.07, 6.45) is 0. The fraction of sp³-hybridized carbons (Fsp3) is 0.583. The number of urea groups is 1. The molecule has 0 bridgehead atoms. The van der Waals surface area contributed by atoms with Gasteiger partial charge >= 0.3 is 6.03 Å². The Bertz CT molecular complexity index is 500. The molecule has 1 aromatic rings. The van der Waals surface area contributed by atoms with E-state index in [4.69, 9.17) is 5.73 Å². The zero-order valence-electron chi connectivity index (χ0n) is 12.7. The van der Waals surface area contributed by atoms with Crippen LogP contribution in [-0.2, 0) is 0 Å². The molecule has 1 aromatic heterocycles. The number of nitrogens with zero attached hydrogens (tertiary/aromatic N) is 2. The second-order valence-corrected chi connectivity index (χ2v) is 5.91. The van der Waals surface area contributed by atoms with Crippen molar-refractivity contribution in [2.24, 2.45) is 0 Å². The third-order valence-electron chi connectivity index (χ3n) is 2.36. The molecule has 0 spiro atoms. The molecule has 0 saturated heterocycles. The molecular weight excluding hydrogens is 292 g/mol. The topological polar surface area (TPSA) is 112 Å². The molecule has 0 fully saturated rings. The minimum atomic E-state index is -0.291. The zero-order valence-corrected chi connectivity index (χ0v) is 13.5. The second kappa shape index (κ2) is 7.67. The molecule has 0 aromatic carbocycles. The van der Waals surface area contributed by atoms with Crippen molar-refractivity contribution in [1.82, 2.24) is 20.5 Å². The highest BCUT2D eigenvalue weighted by Crippen LogP contribution is 2.25. The van der Waals surface area contributed by atoms with Gasteiger partial charge in [-0.2, -0.15) is 0 Å². The number of carbonyl (C=O) groups is 2. The van der Waals surface area contributed by atoms with Crippen LogP contribution in [0.4, 0.5) is 15.7 Å². The summed E-state index contributed by atoms with van der Waals surface area (Å²) < 4.78 is 0. The fourth-order valence-electron chi connectivity index (χ4n) is 1.39. The van der Waals surface area contributed by atoms with Crippen LogP contribution in [0, 0.1) is 0 Å². The van der Waals surface area contributed by atoms with Gasteiger partial charge in [0.05, 0.1) is 0 Å². The number of amides is 3. The maximum atomic E-state index is 12.0. The molecule has 0 radical (unpaired) electrons. The maximum Gasteiger partial charge on any atom is 0.316 e. The lowest BCUT2D eigenvalue weighted by Gasteiger charge is -2.11. The molecule has 5 N–H and O–H groups in total. The second-order valence-electron chi connectivity index (χ2n) is 4.91. The largest absolute Gasteiger partial charge is 0.382 e. The number of carbonyl (C=O) groups excluding carboxylic acids is 2. The van der Waals surface area contributed by atoms with Crippen LogP contribution in [0.25, 0.3) is 0 Å². The normalized spacial score (nSPS) is 10.3. The van der Waals surface area contributed by atoms with E-state index in [9.17, 15) is 9.59 Å². The molecule has 0 aliphatic carbocycles. The summed E-state index contributed by atoms with van der Waals surface area (Å²) in [6, 6.07) is 0.0117. The highest BCUT2D eigenvalue weighted by atomic mass is 32.1. The minimum Gasteiger partial charge on any atom is -0.382 e. The number of hydrogen-bond acceptors (Lipinski definition) is 6. The van der Waals surface area contributed by atoms with E-state index < -0.39 is 0 Å². The number of nitrogens with two attached hydrogens (primary N) is 1. The summed E-state index contributed by atoms with van der Waals surface area (Å²) in [6.45, 7) is 4.62. The molecule has 118 valence electrons. The van der Waals surface area contributed by atoms with Gasteiger partial charge in [0.25, 0.3) is 5.91 Å². The molecule has 8 nitrogen and oxygen atoms in total. The van der Waals surface area contributed by atoms with Gasteiger partial charge in [-0.05, 0) is 13.8 Å². The van der Waals surface area contributed by atoms with Crippen LogP contribution >= 0.6 is 11.3 Å². The Labute approximate surface area is 128 Å². The third-order valence-corrected chi connectivity index (χ3v) is 3.37. The predicted octanol–water partition coefficient (Wildman–Crippen LogP) is 0.547. The summed E-state index contributed by atoms with van der Waals surface area (Å²) >= 11 is 1.21. The SMILES string of the molecule is CC(C)Nc1nc(N)c(C(=O)NCCNC(=O)N(C)C)s1. The van der Waals surface area contributed by atoms with E-state index >= 15 is 0 Å². The van der Waals surface area contributed by atoms with Crippen LogP contribution in [-0.4, -0.2) is 55.0 Å². The molecule has 9 heteroatoms. The minimum absolute atomic E-state index is 0.204. The van der Waals surface area contributed by atoms with Crippen LogP contribution in [0.2, 0.25) is 0 Å². The number of rotatable bonds is 6. The van der Waals surface area contributed by atoms with Gasteiger partial charge in [-0.25, -0.2) is 9.78 Å². The third kappa shape index (κ3) is 5.46. The Kier molecular flexibility index (Phi) is 6.22. The predicted molar refractivity (Wildman–Crippen MR) is 84.7 cm³/mol. The number of aromatic nitrogens is 1. The molecule has 0 atom stereocenters. The van der Waals surface area contributed by atoms with E-state index in [1.165, 1.54) is 16.2 Å². The number of nitrogen functional groups attached to an aromatic ring is 1. The van der Waals surface area contributed by atoms with Gasteiger partial charge in [-0.15, -0.1) is 0 Å². The monoisotopic (exact) mass is 314 g/mol. The number of nitrogens with one attached hydrogen (secondary N) is 3. The highest BCUT2D eigenvalue weighted by Gasteiger charge is 2.16. The van der Waals surface area contributed by atoms with Crippen LogP contribution in [0.15, 0.2) is 0 Å². The highest BCUT2D eigenvalue weighted by molar-refractivity contribution is 7.18. The smallest absolute Gasteiger partial charge is 0.316 e. The number of thiazole rings is 1.